The number of alkyl halides is 3. The average molecular weight is 621 g/mol. The lowest BCUT2D eigenvalue weighted by molar-refractivity contribution is -0.160. The molecule has 2 heterocycles. The molecule has 0 bridgehead atoms. The molecule has 2 aliphatic rings. The van der Waals surface area contributed by atoms with E-state index in [-0.39, 0.29) is 21.2 Å². The first-order chi connectivity index (χ1) is 16.3. The predicted molar refractivity (Wildman–Crippen MR) is 126 cm³/mol. The molecule has 2 N–H and O–H groups in total. The molecular formula is C23H19Br2F4N3O3. The second-order valence-electron chi connectivity index (χ2n) is 8.45. The van der Waals surface area contributed by atoms with Crippen molar-refractivity contribution in [3.63, 3.8) is 0 Å². The number of halogens is 6. The van der Waals surface area contributed by atoms with Crippen LogP contribution in [0.3, 0.4) is 0 Å². The van der Waals surface area contributed by atoms with Gasteiger partial charge in [0.15, 0.2) is 0 Å². The minimum Gasteiger partial charge on any atom is -0.509 e. The van der Waals surface area contributed by atoms with E-state index in [9.17, 15) is 32.3 Å². The highest BCUT2D eigenvalue weighted by Gasteiger charge is 2.52. The molecule has 1 atom stereocenters. The summed E-state index contributed by atoms with van der Waals surface area (Å²) in [6.45, 7) is 1.99. The van der Waals surface area contributed by atoms with Crippen LogP contribution in [-0.2, 0) is 22.3 Å². The molecule has 12 heteroatoms. The lowest BCUT2D eigenvalue weighted by Gasteiger charge is -2.46. The van der Waals surface area contributed by atoms with Gasteiger partial charge >= 0.3 is 6.18 Å². The van der Waals surface area contributed by atoms with Crippen LogP contribution < -0.4 is 5.32 Å². The molecule has 4 rings (SSSR count). The second kappa shape index (κ2) is 9.21. The smallest absolute Gasteiger partial charge is 0.417 e. The number of nitrogens with zero attached hydrogens (tertiary/aromatic N) is 2. The lowest BCUT2D eigenvalue weighted by atomic mass is 9.90. The van der Waals surface area contributed by atoms with Gasteiger partial charge in [0.25, 0.3) is 11.8 Å². The molecule has 186 valence electrons. The van der Waals surface area contributed by atoms with Gasteiger partial charge in [0.05, 0.1) is 22.1 Å². The van der Waals surface area contributed by atoms with E-state index in [1.165, 1.54) is 23.2 Å². The van der Waals surface area contributed by atoms with Gasteiger partial charge in [-0.15, -0.1) is 0 Å². The number of aliphatic hydroxyl groups excluding tert-OH is 1. The maximum absolute atomic E-state index is 14.1. The van der Waals surface area contributed by atoms with E-state index in [1.807, 2.05) is 0 Å². The zero-order valence-electron chi connectivity index (χ0n) is 18.2. The summed E-state index contributed by atoms with van der Waals surface area (Å²) in [7, 11) is 0. The van der Waals surface area contributed by atoms with Gasteiger partial charge in [0, 0.05) is 16.7 Å². The summed E-state index contributed by atoms with van der Waals surface area (Å²) in [5, 5.41) is 16.2. The molecule has 2 aliphatic heterocycles. The Bertz CT molecular complexity index is 1250. The van der Waals surface area contributed by atoms with Crippen molar-refractivity contribution in [1.82, 2.24) is 10.0 Å². The van der Waals surface area contributed by atoms with Crippen molar-refractivity contribution in [2.45, 2.75) is 38.0 Å². The van der Waals surface area contributed by atoms with E-state index in [0.29, 0.717) is 24.9 Å². The SMILES string of the molecule is CC12CCCN1N(Cc1cccc(F)c1Br)C(=O)C(C(=O)Nc1ccc(Br)c(C(F)(F)F)c1)=C2O. The van der Waals surface area contributed by atoms with Crippen molar-refractivity contribution in [2.75, 3.05) is 11.9 Å². The number of nitrogens with one attached hydrogen (secondary N) is 1. The Morgan fingerprint density at radius 2 is 1.94 bits per heavy atom. The molecule has 0 spiro atoms. The molecule has 6 nitrogen and oxygen atoms in total. The number of anilines is 1. The van der Waals surface area contributed by atoms with Gasteiger partial charge in [-0.05, 0) is 65.5 Å². The largest absolute Gasteiger partial charge is 0.509 e. The topological polar surface area (TPSA) is 72.9 Å². The highest BCUT2D eigenvalue weighted by Crippen LogP contribution is 2.42. The summed E-state index contributed by atoms with van der Waals surface area (Å²) in [4.78, 5) is 26.6. The fourth-order valence-corrected chi connectivity index (χ4v) is 5.25. The third-order valence-corrected chi connectivity index (χ3v) is 7.78. The quantitative estimate of drug-likeness (QED) is 0.328. The molecule has 0 saturated carbocycles. The van der Waals surface area contributed by atoms with Crippen LogP contribution in [-0.4, -0.2) is 39.0 Å². The van der Waals surface area contributed by atoms with E-state index in [2.05, 4.69) is 37.2 Å². The van der Waals surface area contributed by atoms with Crippen molar-refractivity contribution in [3.05, 3.63) is 73.6 Å². The molecule has 2 aromatic carbocycles. The molecule has 0 aliphatic carbocycles. The highest BCUT2D eigenvalue weighted by molar-refractivity contribution is 9.10. The van der Waals surface area contributed by atoms with Crippen LogP contribution in [0.25, 0.3) is 0 Å². The number of amides is 2. The second-order valence-corrected chi connectivity index (χ2v) is 10.1. The van der Waals surface area contributed by atoms with E-state index in [0.717, 1.165) is 12.1 Å². The third kappa shape index (κ3) is 4.58. The summed E-state index contributed by atoms with van der Waals surface area (Å²) in [5.41, 5.74) is -2.42. The van der Waals surface area contributed by atoms with Crippen LogP contribution >= 0.6 is 31.9 Å². The van der Waals surface area contributed by atoms with Gasteiger partial charge in [0.2, 0.25) is 0 Å². The summed E-state index contributed by atoms with van der Waals surface area (Å²) in [6, 6.07) is 7.46. The lowest BCUT2D eigenvalue weighted by Crippen LogP contribution is -2.60. The van der Waals surface area contributed by atoms with Crippen molar-refractivity contribution in [2.24, 2.45) is 0 Å². The molecule has 2 aromatic rings. The zero-order valence-corrected chi connectivity index (χ0v) is 21.4. The number of hydrogen-bond acceptors (Lipinski definition) is 4. The Morgan fingerprint density at radius 3 is 2.63 bits per heavy atom. The van der Waals surface area contributed by atoms with Gasteiger partial charge in [0.1, 0.15) is 17.1 Å². The van der Waals surface area contributed by atoms with Crippen molar-refractivity contribution < 1.29 is 32.3 Å². The molecule has 0 aromatic heterocycles. The first kappa shape index (κ1) is 25.6. The maximum atomic E-state index is 14.1. The van der Waals surface area contributed by atoms with Crippen molar-refractivity contribution in [3.8, 4) is 0 Å². The summed E-state index contributed by atoms with van der Waals surface area (Å²) >= 11 is 6.01. The zero-order chi connectivity index (χ0) is 25.7. The van der Waals surface area contributed by atoms with Gasteiger partial charge < -0.3 is 10.4 Å². The van der Waals surface area contributed by atoms with E-state index >= 15 is 0 Å². The fraction of sp³-hybridized carbons (Fsp3) is 0.304. The number of hydrazine groups is 1. The summed E-state index contributed by atoms with van der Waals surface area (Å²) < 4.78 is 53.8. The van der Waals surface area contributed by atoms with Crippen LogP contribution in [0.15, 0.2) is 56.7 Å². The van der Waals surface area contributed by atoms with Crippen LogP contribution in [0.2, 0.25) is 0 Å². The van der Waals surface area contributed by atoms with Gasteiger partial charge in [-0.2, -0.15) is 13.2 Å². The van der Waals surface area contributed by atoms with Gasteiger partial charge in [-0.1, -0.05) is 28.1 Å². The molecule has 0 radical (unpaired) electrons. The highest BCUT2D eigenvalue weighted by atomic mass is 79.9. The molecular weight excluding hydrogens is 602 g/mol. The van der Waals surface area contributed by atoms with Crippen LogP contribution in [0.5, 0.6) is 0 Å². The molecule has 1 unspecified atom stereocenters. The Balaban J connectivity index is 1.70. The Morgan fingerprint density at radius 1 is 1.23 bits per heavy atom. The minimum absolute atomic E-state index is 0.0899. The Hall–Kier alpha value is -2.44. The molecule has 2 amide bonds. The first-order valence-corrected chi connectivity index (χ1v) is 12.1. The third-order valence-electron chi connectivity index (χ3n) is 6.20. The number of carbonyl (C=O) groups is 2. The normalized spacial score (nSPS) is 20.9. The summed E-state index contributed by atoms with van der Waals surface area (Å²) in [5.74, 6) is -2.87. The number of aliphatic hydroxyl groups is 1. The number of rotatable bonds is 4. The first-order valence-electron chi connectivity index (χ1n) is 10.5. The summed E-state index contributed by atoms with van der Waals surface area (Å²) in [6.07, 6.45) is -3.62. The number of fused-ring (bicyclic) bond motifs is 1. The molecule has 1 fully saturated rings. The number of hydrogen-bond donors (Lipinski definition) is 2. The van der Waals surface area contributed by atoms with Gasteiger partial charge in [-0.25, -0.2) is 9.40 Å². The Labute approximate surface area is 214 Å². The standard InChI is InChI=1S/C23H19Br2F4N3O3/c1-22-8-3-9-32(22)31(11-12-4-2-5-16(26)18(12)25)21(35)17(19(22)33)20(34)30-13-6-7-15(24)14(10-13)23(27,28)29/h2,4-7,10,33H,3,8-9,11H2,1H3,(H,30,34). The van der Waals surface area contributed by atoms with Crippen LogP contribution in [0.1, 0.15) is 30.9 Å². The van der Waals surface area contributed by atoms with Crippen molar-refractivity contribution >= 4 is 49.4 Å². The van der Waals surface area contributed by atoms with Crippen molar-refractivity contribution in [1.29, 1.82) is 0 Å². The van der Waals surface area contributed by atoms with E-state index < -0.39 is 46.2 Å². The van der Waals surface area contributed by atoms with Gasteiger partial charge in [-0.3, -0.25) is 14.6 Å². The van der Waals surface area contributed by atoms with E-state index in [4.69, 9.17) is 0 Å². The van der Waals surface area contributed by atoms with Crippen LogP contribution in [0, 0.1) is 5.82 Å². The maximum Gasteiger partial charge on any atom is 0.417 e. The minimum atomic E-state index is -4.67. The average Bonchev–Trinajstić information content (AvgIpc) is 3.18. The number of carbonyl (C=O) groups excluding carboxylic acids is 2. The molecule has 35 heavy (non-hydrogen) atoms. The predicted octanol–water partition coefficient (Wildman–Crippen LogP) is 5.93. The number of benzene rings is 2. The fourth-order valence-electron chi connectivity index (χ4n) is 4.39. The van der Waals surface area contributed by atoms with Crippen LogP contribution in [0.4, 0.5) is 23.2 Å². The molecule has 1 saturated heterocycles. The van der Waals surface area contributed by atoms with E-state index in [1.54, 1.807) is 18.0 Å². The monoisotopic (exact) mass is 619 g/mol. The Kier molecular flexibility index (Phi) is 6.75.